The summed E-state index contributed by atoms with van der Waals surface area (Å²) in [5.74, 6) is -1.07. The van der Waals surface area contributed by atoms with Gasteiger partial charge in [-0.15, -0.1) is 0 Å². The first-order chi connectivity index (χ1) is 8.60. The minimum absolute atomic E-state index is 0.279. The Morgan fingerprint density at radius 2 is 1.68 bits per heavy atom. The van der Waals surface area contributed by atoms with E-state index in [1.54, 1.807) is 0 Å². The molecule has 1 rings (SSSR count). The molecule has 0 radical (unpaired) electrons. The number of carboxylic acids is 1. The van der Waals surface area contributed by atoms with Gasteiger partial charge in [-0.05, 0) is 13.3 Å². The van der Waals surface area contributed by atoms with Crippen LogP contribution in [0.15, 0.2) is 0 Å². The van der Waals surface area contributed by atoms with E-state index in [1.165, 1.54) is 11.8 Å². The van der Waals surface area contributed by atoms with Crippen molar-refractivity contribution in [1.82, 2.24) is 9.80 Å². The highest BCUT2D eigenvalue weighted by molar-refractivity contribution is 5.77. The van der Waals surface area contributed by atoms with Gasteiger partial charge in [0.1, 0.15) is 5.54 Å². The number of hydrogen-bond acceptors (Lipinski definition) is 4. The van der Waals surface area contributed by atoms with Crippen molar-refractivity contribution in [3.05, 3.63) is 0 Å². The fourth-order valence-electron chi connectivity index (χ4n) is 1.92. The molecule has 0 aliphatic carbocycles. The lowest BCUT2D eigenvalue weighted by atomic mass is 9.99. The zero-order chi connectivity index (χ0) is 14.7. The van der Waals surface area contributed by atoms with E-state index < -0.39 is 24.2 Å². The zero-order valence-corrected chi connectivity index (χ0v) is 10.9. The van der Waals surface area contributed by atoms with Crippen LogP contribution in [0.2, 0.25) is 0 Å². The molecule has 1 saturated heterocycles. The van der Waals surface area contributed by atoms with Gasteiger partial charge in [0.15, 0.2) is 0 Å². The third-order valence-electron chi connectivity index (χ3n) is 3.30. The van der Waals surface area contributed by atoms with Gasteiger partial charge in [0, 0.05) is 32.7 Å². The SMILES string of the molecule is CC(N)(CCN1CCN(CC(F)(F)F)CC1)C(=O)O. The van der Waals surface area contributed by atoms with Crippen LogP contribution in [0.5, 0.6) is 0 Å². The highest BCUT2D eigenvalue weighted by Gasteiger charge is 2.33. The van der Waals surface area contributed by atoms with Crippen LogP contribution in [0.1, 0.15) is 13.3 Å². The molecule has 0 bridgehead atoms. The van der Waals surface area contributed by atoms with E-state index in [4.69, 9.17) is 10.8 Å². The maximum absolute atomic E-state index is 12.2. The minimum Gasteiger partial charge on any atom is -0.480 e. The number of nitrogens with two attached hydrogens (primary N) is 1. The van der Waals surface area contributed by atoms with Crippen molar-refractivity contribution in [1.29, 1.82) is 0 Å². The van der Waals surface area contributed by atoms with Crippen LogP contribution in [-0.4, -0.2) is 71.9 Å². The summed E-state index contributed by atoms with van der Waals surface area (Å²) in [6, 6.07) is 0. The first-order valence-corrected chi connectivity index (χ1v) is 6.14. The highest BCUT2D eigenvalue weighted by atomic mass is 19.4. The van der Waals surface area contributed by atoms with Gasteiger partial charge in [-0.1, -0.05) is 0 Å². The number of rotatable bonds is 5. The van der Waals surface area contributed by atoms with E-state index in [2.05, 4.69) is 0 Å². The molecule has 0 aromatic carbocycles. The van der Waals surface area contributed by atoms with Gasteiger partial charge in [0.2, 0.25) is 0 Å². The van der Waals surface area contributed by atoms with E-state index in [9.17, 15) is 18.0 Å². The van der Waals surface area contributed by atoms with Gasteiger partial charge in [-0.2, -0.15) is 13.2 Å². The molecule has 0 aromatic rings. The molecular weight excluding hydrogens is 263 g/mol. The van der Waals surface area contributed by atoms with Crippen molar-refractivity contribution in [2.75, 3.05) is 39.3 Å². The van der Waals surface area contributed by atoms with Crippen LogP contribution in [0.3, 0.4) is 0 Å². The maximum atomic E-state index is 12.2. The Morgan fingerprint density at radius 3 is 2.11 bits per heavy atom. The molecule has 8 heteroatoms. The molecule has 1 aliphatic heterocycles. The third kappa shape index (κ3) is 5.75. The first kappa shape index (κ1) is 16.2. The molecule has 19 heavy (non-hydrogen) atoms. The second-order valence-corrected chi connectivity index (χ2v) is 5.21. The fourth-order valence-corrected chi connectivity index (χ4v) is 1.92. The normalized spacial score (nSPS) is 22.2. The summed E-state index contributed by atoms with van der Waals surface area (Å²) >= 11 is 0. The maximum Gasteiger partial charge on any atom is 0.401 e. The van der Waals surface area contributed by atoms with Crippen LogP contribution in [-0.2, 0) is 4.79 Å². The number of carboxylic acid groups (broad SMARTS) is 1. The lowest BCUT2D eigenvalue weighted by Crippen LogP contribution is -2.52. The minimum atomic E-state index is -4.17. The average molecular weight is 283 g/mol. The predicted molar refractivity (Wildman–Crippen MR) is 63.8 cm³/mol. The molecule has 0 amide bonds. The van der Waals surface area contributed by atoms with Crippen LogP contribution in [0.25, 0.3) is 0 Å². The van der Waals surface area contributed by atoms with E-state index in [1.807, 2.05) is 4.90 Å². The van der Waals surface area contributed by atoms with Gasteiger partial charge in [-0.3, -0.25) is 9.69 Å². The average Bonchev–Trinajstić information content (AvgIpc) is 2.26. The molecule has 1 unspecified atom stereocenters. The molecule has 5 nitrogen and oxygen atoms in total. The van der Waals surface area contributed by atoms with E-state index >= 15 is 0 Å². The number of aliphatic carboxylic acids is 1. The summed E-state index contributed by atoms with van der Waals surface area (Å²) in [4.78, 5) is 14.1. The lowest BCUT2D eigenvalue weighted by Gasteiger charge is -2.35. The Balaban J connectivity index is 2.29. The Kier molecular flexibility index (Phi) is 5.17. The summed E-state index contributed by atoms with van der Waals surface area (Å²) in [5.41, 5.74) is 4.31. The monoisotopic (exact) mass is 283 g/mol. The molecule has 112 valence electrons. The summed E-state index contributed by atoms with van der Waals surface area (Å²) in [6.45, 7) is 2.73. The molecule has 0 aromatic heterocycles. The van der Waals surface area contributed by atoms with Gasteiger partial charge in [0.05, 0.1) is 6.54 Å². The topological polar surface area (TPSA) is 69.8 Å². The summed E-state index contributed by atoms with van der Waals surface area (Å²) < 4.78 is 36.6. The fraction of sp³-hybridized carbons (Fsp3) is 0.909. The molecule has 1 heterocycles. The highest BCUT2D eigenvalue weighted by Crippen LogP contribution is 2.17. The second kappa shape index (κ2) is 6.06. The molecular formula is C11H20F3N3O2. The van der Waals surface area contributed by atoms with Crippen LogP contribution >= 0.6 is 0 Å². The summed E-state index contributed by atoms with van der Waals surface area (Å²) in [6.07, 6.45) is -3.89. The van der Waals surface area contributed by atoms with Crippen molar-refractivity contribution in [2.45, 2.75) is 25.1 Å². The van der Waals surface area contributed by atoms with Gasteiger partial charge < -0.3 is 15.7 Å². The largest absolute Gasteiger partial charge is 0.480 e. The quantitative estimate of drug-likeness (QED) is 0.762. The zero-order valence-electron chi connectivity index (χ0n) is 10.9. The number of nitrogens with zero attached hydrogens (tertiary/aromatic N) is 2. The van der Waals surface area contributed by atoms with Crippen molar-refractivity contribution < 1.29 is 23.1 Å². The smallest absolute Gasteiger partial charge is 0.401 e. The van der Waals surface area contributed by atoms with Crippen LogP contribution < -0.4 is 5.73 Å². The Hall–Kier alpha value is -0.860. The van der Waals surface area contributed by atoms with E-state index in [0.29, 0.717) is 32.7 Å². The van der Waals surface area contributed by atoms with Gasteiger partial charge in [-0.25, -0.2) is 0 Å². The Bertz CT molecular complexity index is 313. The van der Waals surface area contributed by atoms with Gasteiger partial charge in [0.25, 0.3) is 0 Å². The third-order valence-corrected chi connectivity index (χ3v) is 3.30. The molecule has 3 N–H and O–H groups in total. The first-order valence-electron chi connectivity index (χ1n) is 6.14. The Morgan fingerprint density at radius 1 is 1.21 bits per heavy atom. The second-order valence-electron chi connectivity index (χ2n) is 5.21. The molecule has 1 aliphatic rings. The van der Waals surface area contributed by atoms with Crippen molar-refractivity contribution in [2.24, 2.45) is 5.73 Å². The molecule has 1 atom stereocenters. The van der Waals surface area contributed by atoms with Crippen molar-refractivity contribution in [3.63, 3.8) is 0 Å². The number of carbonyl (C=O) groups is 1. The van der Waals surface area contributed by atoms with E-state index in [-0.39, 0.29) is 6.42 Å². The summed E-state index contributed by atoms with van der Waals surface area (Å²) in [7, 11) is 0. The van der Waals surface area contributed by atoms with E-state index in [0.717, 1.165) is 0 Å². The number of halogens is 3. The lowest BCUT2D eigenvalue weighted by molar-refractivity contribution is -0.150. The van der Waals surface area contributed by atoms with Crippen LogP contribution in [0.4, 0.5) is 13.2 Å². The van der Waals surface area contributed by atoms with Gasteiger partial charge >= 0.3 is 12.1 Å². The number of piperazine rings is 1. The number of hydrogen-bond donors (Lipinski definition) is 2. The molecule has 0 saturated carbocycles. The summed E-state index contributed by atoms with van der Waals surface area (Å²) in [5, 5.41) is 8.86. The Labute approximate surface area is 110 Å². The predicted octanol–water partition coefficient (Wildman–Crippen LogP) is 0.358. The molecule has 0 spiro atoms. The van der Waals surface area contributed by atoms with Crippen LogP contribution in [0, 0.1) is 0 Å². The standard InChI is InChI=1S/C11H20F3N3O2/c1-10(15,9(18)19)2-3-16-4-6-17(7-5-16)8-11(12,13)14/h2-8,15H2,1H3,(H,18,19). The van der Waals surface area contributed by atoms with Crippen molar-refractivity contribution in [3.8, 4) is 0 Å². The van der Waals surface area contributed by atoms with Crippen molar-refractivity contribution >= 4 is 5.97 Å². The number of alkyl halides is 3. The molecule has 1 fully saturated rings.